The molecule has 0 aliphatic rings. The zero-order valence-corrected chi connectivity index (χ0v) is 19.9. The van der Waals surface area contributed by atoms with Crippen LogP contribution in [0.5, 0.6) is 5.75 Å². The van der Waals surface area contributed by atoms with Crippen molar-refractivity contribution in [3.8, 4) is 5.75 Å². The first-order chi connectivity index (χ1) is 13.0. The van der Waals surface area contributed by atoms with Gasteiger partial charge in [0.1, 0.15) is 12.4 Å². The highest BCUT2D eigenvalue weighted by atomic mass is 127. The van der Waals surface area contributed by atoms with Gasteiger partial charge in [0, 0.05) is 31.0 Å². The molecule has 1 aromatic carbocycles. The van der Waals surface area contributed by atoms with Gasteiger partial charge in [-0.15, -0.1) is 24.0 Å². The van der Waals surface area contributed by atoms with Gasteiger partial charge in [0.05, 0.1) is 13.1 Å². The number of nitrogens with zero attached hydrogens (tertiary/aromatic N) is 4. The van der Waals surface area contributed by atoms with Gasteiger partial charge in [-0.3, -0.25) is 4.99 Å². The molecule has 0 bridgehead atoms. The van der Waals surface area contributed by atoms with E-state index in [1.54, 1.807) is 6.07 Å². The van der Waals surface area contributed by atoms with E-state index in [-0.39, 0.29) is 29.9 Å². The van der Waals surface area contributed by atoms with E-state index in [1.165, 1.54) is 0 Å². The molecule has 0 saturated carbocycles. The summed E-state index contributed by atoms with van der Waals surface area (Å²) in [5, 5.41) is 7.92. The molecule has 1 aromatic heterocycles. The molecule has 0 unspecified atom stereocenters. The lowest BCUT2D eigenvalue weighted by molar-refractivity contribution is 0.281. The summed E-state index contributed by atoms with van der Waals surface area (Å²) in [7, 11) is 1.98. The molecule has 0 fully saturated rings. The Balaban J connectivity index is 0.00000392. The molecule has 0 saturated heterocycles. The van der Waals surface area contributed by atoms with Gasteiger partial charge in [-0.1, -0.05) is 36.7 Å². The molecule has 7 nitrogen and oxygen atoms in total. The first-order valence-electron chi connectivity index (χ1n) is 9.20. The minimum Gasteiger partial charge on any atom is -0.492 e. The second kappa shape index (κ2) is 12.8. The highest BCUT2D eigenvalue weighted by Gasteiger charge is 2.10. The third-order valence-corrected chi connectivity index (χ3v) is 4.01. The number of rotatable bonds is 9. The van der Waals surface area contributed by atoms with E-state index in [4.69, 9.17) is 20.9 Å². The summed E-state index contributed by atoms with van der Waals surface area (Å²) < 4.78 is 11.0. The zero-order valence-electron chi connectivity index (χ0n) is 16.8. The summed E-state index contributed by atoms with van der Waals surface area (Å²) in [4.78, 5) is 11.0. The molecule has 0 spiro atoms. The number of nitrogens with one attached hydrogen (secondary N) is 1. The third kappa shape index (κ3) is 8.22. The number of guanidine groups is 1. The summed E-state index contributed by atoms with van der Waals surface area (Å²) in [6.45, 7) is 8.70. The number of likely N-dealkylation sites (N-methyl/N-ethyl adjacent to an activating group) is 1. The average Bonchev–Trinajstić information content (AvgIpc) is 3.10. The van der Waals surface area contributed by atoms with Crippen molar-refractivity contribution in [2.24, 2.45) is 4.99 Å². The van der Waals surface area contributed by atoms with Gasteiger partial charge in [-0.25, -0.2) is 0 Å². The average molecular weight is 522 g/mol. The summed E-state index contributed by atoms with van der Waals surface area (Å²) in [5.74, 6) is 3.18. The maximum Gasteiger partial charge on any atom is 0.228 e. The fraction of sp³-hybridized carbons (Fsp3) is 0.526. The molecule has 2 rings (SSSR count). The molecule has 1 heterocycles. The highest BCUT2D eigenvalue weighted by molar-refractivity contribution is 14.0. The fourth-order valence-corrected chi connectivity index (χ4v) is 2.47. The number of hydrogen-bond donors (Lipinski definition) is 1. The number of aliphatic imine (C=N–C) groups is 1. The molecule has 0 aliphatic carbocycles. The van der Waals surface area contributed by atoms with E-state index in [1.807, 2.05) is 50.9 Å². The molecule has 28 heavy (non-hydrogen) atoms. The maximum atomic E-state index is 5.97. The van der Waals surface area contributed by atoms with Crippen LogP contribution in [0, 0.1) is 0 Å². The topological polar surface area (TPSA) is 75.8 Å². The van der Waals surface area contributed by atoms with E-state index < -0.39 is 0 Å². The SMILES string of the molecule is CCNC(=NCCc1nc(C(C)C)no1)N(C)CCOc1cccc(Cl)c1.I. The van der Waals surface area contributed by atoms with Crippen molar-refractivity contribution in [3.05, 3.63) is 41.0 Å². The fourth-order valence-electron chi connectivity index (χ4n) is 2.29. The number of hydrogen-bond acceptors (Lipinski definition) is 5. The van der Waals surface area contributed by atoms with Gasteiger partial charge in [0.2, 0.25) is 5.89 Å². The van der Waals surface area contributed by atoms with Gasteiger partial charge >= 0.3 is 0 Å². The lowest BCUT2D eigenvalue weighted by atomic mass is 10.2. The van der Waals surface area contributed by atoms with Crippen LogP contribution in [0.25, 0.3) is 0 Å². The summed E-state index contributed by atoms with van der Waals surface area (Å²) >= 11 is 5.97. The Morgan fingerprint density at radius 2 is 2.18 bits per heavy atom. The first-order valence-corrected chi connectivity index (χ1v) is 9.57. The lowest BCUT2D eigenvalue weighted by Gasteiger charge is -2.22. The standard InChI is InChI=1S/C19H28ClN5O2.HI/c1-5-21-19(22-10-9-17-23-18(14(2)3)24-27-17)25(4)11-12-26-16-8-6-7-15(20)13-16;/h6-8,13-14H,5,9-12H2,1-4H3,(H,21,22);1H. The van der Waals surface area contributed by atoms with Gasteiger partial charge in [0.25, 0.3) is 0 Å². The van der Waals surface area contributed by atoms with E-state index in [9.17, 15) is 0 Å². The Morgan fingerprint density at radius 1 is 1.39 bits per heavy atom. The van der Waals surface area contributed by atoms with Crippen molar-refractivity contribution >= 4 is 41.5 Å². The van der Waals surface area contributed by atoms with Crippen LogP contribution >= 0.6 is 35.6 Å². The van der Waals surface area contributed by atoms with E-state index in [2.05, 4.69) is 20.4 Å². The number of benzene rings is 1. The molecular formula is C19H29ClIN5O2. The molecular weight excluding hydrogens is 493 g/mol. The van der Waals surface area contributed by atoms with Gasteiger partial charge in [0.15, 0.2) is 11.8 Å². The molecule has 0 aliphatic heterocycles. The largest absolute Gasteiger partial charge is 0.492 e. The number of ether oxygens (including phenoxy) is 1. The van der Waals surface area contributed by atoms with Gasteiger partial charge in [-0.2, -0.15) is 4.98 Å². The van der Waals surface area contributed by atoms with Gasteiger partial charge in [-0.05, 0) is 25.1 Å². The van der Waals surface area contributed by atoms with Crippen molar-refractivity contribution in [2.75, 3.05) is 33.3 Å². The van der Waals surface area contributed by atoms with Crippen molar-refractivity contribution in [1.82, 2.24) is 20.4 Å². The van der Waals surface area contributed by atoms with Crippen LogP contribution in [0.4, 0.5) is 0 Å². The van der Waals surface area contributed by atoms with Crippen LogP contribution in [-0.4, -0.2) is 54.3 Å². The van der Waals surface area contributed by atoms with Crippen LogP contribution in [0.3, 0.4) is 0 Å². The Hall–Kier alpha value is -1.55. The van der Waals surface area contributed by atoms with Crippen molar-refractivity contribution in [1.29, 1.82) is 0 Å². The number of halogens is 2. The van der Waals surface area contributed by atoms with Crippen LogP contribution in [0.1, 0.15) is 38.4 Å². The lowest BCUT2D eigenvalue weighted by Crippen LogP contribution is -2.41. The van der Waals surface area contributed by atoms with Crippen LogP contribution < -0.4 is 10.1 Å². The Bertz CT molecular complexity index is 739. The normalized spacial score (nSPS) is 11.3. The predicted octanol–water partition coefficient (Wildman–Crippen LogP) is 3.98. The molecule has 0 amide bonds. The van der Waals surface area contributed by atoms with Gasteiger partial charge < -0.3 is 19.5 Å². The number of aromatic nitrogens is 2. The molecule has 0 atom stereocenters. The highest BCUT2D eigenvalue weighted by Crippen LogP contribution is 2.16. The minimum atomic E-state index is 0. The monoisotopic (exact) mass is 521 g/mol. The van der Waals surface area contributed by atoms with Crippen molar-refractivity contribution < 1.29 is 9.26 Å². The minimum absolute atomic E-state index is 0. The summed E-state index contributed by atoms with van der Waals surface area (Å²) in [5.41, 5.74) is 0. The Kier molecular flexibility index (Phi) is 11.2. The van der Waals surface area contributed by atoms with E-state index in [0.29, 0.717) is 37.0 Å². The summed E-state index contributed by atoms with van der Waals surface area (Å²) in [6, 6.07) is 7.39. The van der Waals surface area contributed by atoms with Crippen molar-refractivity contribution in [3.63, 3.8) is 0 Å². The zero-order chi connectivity index (χ0) is 19.6. The third-order valence-electron chi connectivity index (χ3n) is 3.78. The second-order valence-corrected chi connectivity index (χ2v) is 6.85. The molecule has 9 heteroatoms. The molecule has 156 valence electrons. The molecule has 2 aromatic rings. The predicted molar refractivity (Wildman–Crippen MR) is 123 cm³/mol. The summed E-state index contributed by atoms with van der Waals surface area (Å²) in [6.07, 6.45) is 0.613. The molecule has 0 radical (unpaired) electrons. The van der Waals surface area contributed by atoms with E-state index >= 15 is 0 Å². The quantitative estimate of drug-likeness (QED) is 0.306. The Morgan fingerprint density at radius 3 is 2.82 bits per heavy atom. The van der Waals surface area contributed by atoms with Crippen LogP contribution in [-0.2, 0) is 6.42 Å². The second-order valence-electron chi connectivity index (χ2n) is 6.41. The molecule has 1 N–H and O–H groups in total. The van der Waals surface area contributed by atoms with Crippen LogP contribution in [0.2, 0.25) is 5.02 Å². The first kappa shape index (κ1) is 24.5. The Labute approximate surface area is 188 Å². The smallest absolute Gasteiger partial charge is 0.228 e. The maximum absolute atomic E-state index is 5.97. The van der Waals surface area contributed by atoms with Crippen LogP contribution in [0.15, 0.2) is 33.8 Å². The van der Waals surface area contributed by atoms with Crippen molar-refractivity contribution in [2.45, 2.75) is 33.1 Å². The van der Waals surface area contributed by atoms with E-state index in [0.717, 1.165) is 24.1 Å².